The Balaban J connectivity index is 1.26. The van der Waals surface area contributed by atoms with E-state index in [0.717, 1.165) is 54.2 Å². The van der Waals surface area contributed by atoms with Gasteiger partial charge in [0.05, 0.1) is 11.0 Å². The Bertz CT molecular complexity index is 1120. The summed E-state index contributed by atoms with van der Waals surface area (Å²) >= 11 is 0. The lowest BCUT2D eigenvalue weighted by atomic mass is 9.99. The van der Waals surface area contributed by atoms with Crippen LogP contribution in [0.15, 0.2) is 78.9 Å². The summed E-state index contributed by atoms with van der Waals surface area (Å²) in [6, 6.07) is 27.5. The molecule has 1 aromatic heterocycles. The summed E-state index contributed by atoms with van der Waals surface area (Å²) in [6.45, 7) is 5.04. The van der Waals surface area contributed by atoms with E-state index in [1.54, 1.807) is 0 Å². The van der Waals surface area contributed by atoms with Crippen molar-refractivity contribution in [1.29, 1.82) is 0 Å². The van der Waals surface area contributed by atoms with E-state index in [-0.39, 0.29) is 6.10 Å². The highest BCUT2D eigenvalue weighted by atomic mass is 16.5. The summed E-state index contributed by atoms with van der Waals surface area (Å²) in [5.74, 6) is 1.73. The van der Waals surface area contributed by atoms with Crippen molar-refractivity contribution in [2.45, 2.75) is 45.0 Å². The van der Waals surface area contributed by atoms with Crippen molar-refractivity contribution in [3.8, 4) is 5.75 Å². The number of hydrogen-bond donors (Lipinski definition) is 2. The standard InChI is InChI=1S/C27H30N4O/c1-20-25(16-9-17-31(20)19-21-10-3-2-4-11-21)32-26-15-8-5-12-22(26)18-28-27-29-23-13-6-7-14-24(23)30-27/h2-8,10-15,20,25H,9,16-19H2,1H3,(H2,28,29,30). The van der Waals surface area contributed by atoms with Crippen LogP contribution in [0.25, 0.3) is 11.0 Å². The Hall–Kier alpha value is -3.31. The second-order valence-corrected chi connectivity index (χ2v) is 8.56. The Kier molecular flexibility index (Phi) is 6.08. The average molecular weight is 427 g/mol. The first-order chi connectivity index (χ1) is 15.8. The molecule has 3 aromatic carbocycles. The highest BCUT2D eigenvalue weighted by Gasteiger charge is 2.29. The number of imidazole rings is 1. The van der Waals surface area contributed by atoms with Gasteiger partial charge < -0.3 is 15.0 Å². The van der Waals surface area contributed by atoms with E-state index in [1.165, 1.54) is 5.56 Å². The zero-order valence-electron chi connectivity index (χ0n) is 18.5. The van der Waals surface area contributed by atoms with Crippen LogP contribution in [0.3, 0.4) is 0 Å². The first kappa shape index (κ1) is 20.6. The summed E-state index contributed by atoms with van der Waals surface area (Å²) in [5.41, 5.74) is 4.50. The van der Waals surface area contributed by atoms with Crippen molar-refractivity contribution < 1.29 is 4.74 Å². The zero-order valence-corrected chi connectivity index (χ0v) is 18.5. The predicted octanol–water partition coefficient (Wildman–Crippen LogP) is 5.61. The summed E-state index contributed by atoms with van der Waals surface area (Å²) in [6.07, 6.45) is 2.42. The third kappa shape index (κ3) is 4.63. The monoisotopic (exact) mass is 426 g/mol. The minimum Gasteiger partial charge on any atom is -0.488 e. The van der Waals surface area contributed by atoms with Crippen LogP contribution >= 0.6 is 0 Å². The number of nitrogens with one attached hydrogen (secondary N) is 2. The van der Waals surface area contributed by atoms with Crippen molar-refractivity contribution >= 4 is 17.0 Å². The van der Waals surface area contributed by atoms with E-state index in [1.807, 2.05) is 24.3 Å². The van der Waals surface area contributed by atoms with Gasteiger partial charge in [-0.3, -0.25) is 4.90 Å². The maximum absolute atomic E-state index is 6.60. The van der Waals surface area contributed by atoms with E-state index in [9.17, 15) is 0 Å². The molecule has 0 spiro atoms. The third-order valence-corrected chi connectivity index (χ3v) is 6.36. The molecule has 164 valence electrons. The van der Waals surface area contributed by atoms with Crippen LogP contribution in [-0.2, 0) is 13.1 Å². The fourth-order valence-corrected chi connectivity index (χ4v) is 4.52. The third-order valence-electron chi connectivity index (χ3n) is 6.36. The molecule has 2 atom stereocenters. The molecule has 5 heteroatoms. The largest absolute Gasteiger partial charge is 0.488 e. The van der Waals surface area contributed by atoms with Gasteiger partial charge in [0.15, 0.2) is 0 Å². The molecule has 2 N–H and O–H groups in total. The summed E-state index contributed by atoms with van der Waals surface area (Å²) in [4.78, 5) is 10.5. The number of benzene rings is 3. The zero-order chi connectivity index (χ0) is 21.8. The number of rotatable bonds is 7. The van der Waals surface area contributed by atoms with E-state index < -0.39 is 0 Å². The summed E-state index contributed by atoms with van der Waals surface area (Å²) in [7, 11) is 0. The second kappa shape index (κ2) is 9.45. The molecule has 0 saturated carbocycles. The number of H-pyrrole nitrogens is 1. The Labute approximate surface area is 189 Å². The van der Waals surface area contributed by atoms with Gasteiger partial charge in [0.1, 0.15) is 11.9 Å². The average Bonchev–Trinajstić information content (AvgIpc) is 3.25. The number of hydrogen-bond acceptors (Lipinski definition) is 4. The lowest BCUT2D eigenvalue weighted by Crippen LogP contribution is -2.48. The molecule has 5 nitrogen and oxygen atoms in total. The number of fused-ring (bicyclic) bond motifs is 1. The Morgan fingerprint density at radius 1 is 1.00 bits per heavy atom. The minimum atomic E-state index is 0.180. The van der Waals surface area contributed by atoms with Crippen molar-refractivity contribution in [3.63, 3.8) is 0 Å². The molecule has 0 amide bonds. The smallest absolute Gasteiger partial charge is 0.201 e. The van der Waals surface area contributed by atoms with Crippen LogP contribution in [-0.4, -0.2) is 33.6 Å². The molecule has 1 aliphatic heterocycles. The van der Waals surface area contributed by atoms with Crippen LogP contribution in [0.2, 0.25) is 0 Å². The molecule has 5 rings (SSSR count). The van der Waals surface area contributed by atoms with E-state index in [2.05, 4.69) is 81.7 Å². The van der Waals surface area contributed by atoms with Crippen molar-refractivity contribution in [3.05, 3.63) is 90.0 Å². The molecule has 1 saturated heterocycles. The topological polar surface area (TPSA) is 53.2 Å². The maximum atomic E-state index is 6.60. The van der Waals surface area contributed by atoms with Gasteiger partial charge in [0, 0.05) is 24.7 Å². The fourth-order valence-electron chi connectivity index (χ4n) is 4.52. The number of nitrogens with zero attached hydrogens (tertiary/aromatic N) is 2. The quantitative estimate of drug-likeness (QED) is 0.403. The number of likely N-dealkylation sites (tertiary alicyclic amines) is 1. The lowest BCUT2D eigenvalue weighted by Gasteiger charge is -2.39. The fraction of sp³-hybridized carbons (Fsp3) is 0.296. The molecule has 1 fully saturated rings. The van der Waals surface area contributed by atoms with Gasteiger partial charge in [0.2, 0.25) is 5.95 Å². The van der Waals surface area contributed by atoms with Crippen LogP contribution in [0.4, 0.5) is 5.95 Å². The van der Waals surface area contributed by atoms with Crippen LogP contribution in [0.1, 0.15) is 30.9 Å². The maximum Gasteiger partial charge on any atom is 0.201 e. The van der Waals surface area contributed by atoms with Crippen molar-refractivity contribution in [1.82, 2.24) is 14.9 Å². The first-order valence-electron chi connectivity index (χ1n) is 11.5. The van der Waals surface area contributed by atoms with Gasteiger partial charge >= 0.3 is 0 Å². The van der Waals surface area contributed by atoms with Gasteiger partial charge in [0.25, 0.3) is 0 Å². The molecule has 4 aromatic rings. The second-order valence-electron chi connectivity index (χ2n) is 8.56. The highest BCUT2D eigenvalue weighted by Crippen LogP contribution is 2.27. The lowest BCUT2D eigenvalue weighted by molar-refractivity contribution is 0.0309. The molecular weight excluding hydrogens is 396 g/mol. The molecule has 1 aliphatic rings. The molecule has 0 bridgehead atoms. The molecule has 0 aliphatic carbocycles. The van der Waals surface area contributed by atoms with Gasteiger partial charge in [-0.15, -0.1) is 0 Å². The molecule has 2 heterocycles. The first-order valence-corrected chi connectivity index (χ1v) is 11.5. The normalized spacial score (nSPS) is 19.2. The van der Waals surface area contributed by atoms with Gasteiger partial charge in [-0.2, -0.15) is 0 Å². The van der Waals surface area contributed by atoms with E-state index in [4.69, 9.17) is 4.74 Å². The van der Waals surface area contributed by atoms with Crippen LogP contribution in [0, 0.1) is 0 Å². The predicted molar refractivity (Wildman–Crippen MR) is 130 cm³/mol. The van der Waals surface area contributed by atoms with Gasteiger partial charge in [-0.1, -0.05) is 60.7 Å². The number of anilines is 1. The molecule has 0 radical (unpaired) electrons. The number of piperidine rings is 1. The summed E-state index contributed by atoms with van der Waals surface area (Å²) < 4.78 is 6.60. The Morgan fingerprint density at radius 3 is 2.66 bits per heavy atom. The van der Waals surface area contributed by atoms with Crippen LogP contribution < -0.4 is 10.1 Å². The summed E-state index contributed by atoms with van der Waals surface area (Å²) in [5, 5.41) is 3.42. The molecular formula is C27H30N4O. The number of aromatic nitrogens is 2. The molecule has 32 heavy (non-hydrogen) atoms. The number of ether oxygens (including phenoxy) is 1. The van der Waals surface area contributed by atoms with Gasteiger partial charge in [-0.05, 0) is 50.1 Å². The van der Waals surface area contributed by atoms with Gasteiger partial charge in [-0.25, -0.2) is 4.98 Å². The Morgan fingerprint density at radius 2 is 1.78 bits per heavy atom. The number of aromatic amines is 1. The van der Waals surface area contributed by atoms with Crippen molar-refractivity contribution in [2.75, 3.05) is 11.9 Å². The highest BCUT2D eigenvalue weighted by molar-refractivity contribution is 5.77. The van der Waals surface area contributed by atoms with Crippen molar-refractivity contribution in [2.24, 2.45) is 0 Å². The SMILES string of the molecule is CC1C(Oc2ccccc2CNc2nc3ccccc3[nH]2)CCCN1Cc1ccccc1. The van der Waals surface area contributed by atoms with E-state index in [0.29, 0.717) is 12.6 Å². The van der Waals surface area contributed by atoms with E-state index >= 15 is 0 Å². The molecule has 2 unspecified atom stereocenters. The minimum absolute atomic E-state index is 0.180. The number of para-hydroxylation sites is 3. The van der Waals surface area contributed by atoms with Crippen LogP contribution in [0.5, 0.6) is 5.75 Å².